The van der Waals surface area contributed by atoms with Crippen LogP contribution in [0.3, 0.4) is 0 Å². The summed E-state index contributed by atoms with van der Waals surface area (Å²) in [7, 11) is 0. The third-order valence-corrected chi connectivity index (χ3v) is 3.31. The summed E-state index contributed by atoms with van der Waals surface area (Å²) in [5, 5.41) is 3.32. The molecule has 0 bridgehead atoms. The summed E-state index contributed by atoms with van der Waals surface area (Å²) in [6.45, 7) is 4.06. The number of fused-ring (bicyclic) bond motifs is 1. The lowest BCUT2D eigenvalue weighted by Gasteiger charge is -2.21. The first-order valence-electron chi connectivity index (χ1n) is 6.42. The minimum absolute atomic E-state index is 0.0794. The van der Waals surface area contributed by atoms with E-state index in [4.69, 9.17) is 4.42 Å². The molecule has 1 aromatic carbocycles. The fraction of sp³-hybridized carbons (Fsp3) is 0.267. The number of carbonyl (C=O) groups excluding carboxylic acids is 1. The average Bonchev–Trinajstić information content (AvgIpc) is 2.74. The number of hydrogen-bond acceptors (Lipinski definition) is 3. The predicted octanol–water partition coefficient (Wildman–Crippen LogP) is 2.34. The summed E-state index contributed by atoms with van der Waals surface area (Å²) >= 11 is 0. The van der Waals surface area contributed by atoms with Gasteiger partial charge in [-0.2, -0.15) is 0 Å². The Balaban J connectivity index is 1.98. The molecule has 4 nitrogen and oxygen atoms in total. The van der Waals surface area contributed by atoms with Gasteiger partial charge >= 0.3 is 0 Å². The molecular weight excluding hydrogens is 240 g/mol. The maximum absolute atomic E-state index is 12.5. The monoisotopic (exact) mass is 256 g/mol. The number of furan rings is 1. The Morgan fingerprint density at radius 3 is 2.89 bits per heavy atom. The van der Waals surface area contributed by atoms with E-state index in [9.17, 15) is 4.79 Å². The topological polar surface area (TPSA) is 45.5 Å². The molecule has 0 spiro atoms. The SMILES string of the molecule is Cc1ccc(C(=O)N2CCNCc3ccccc32)o1. The molecule has 2 heterocycles. The van der Waals surface area contributed by atoms with Crippen LogP contribution in [-0.4, -0.2) is 19.0 Å². The molecule has 98 valence electrons. The molecular formula is C15H16N2O2. The molecule has 0 radical (unpaired) electrons. The lowest BCUT2D eigenvalue weighted by atomic mass is 10.1. The second-order valence-electron chi connectivity index (χ2n) is 4.67. The van der Waals surface area contributed by atoms with Crippen molar-refractivity contribution >= 4 is 11.6 Å². The van der Waals surface area contributed by atoms with Crippen LogP contribution in [0.4, 0.5) is 5.69 Å². The number of rotatable bonds is 1. The lowest BCUT2D eigenvalue weighted by molar-refractivity contribution is 0.0959. The van der Waals surface area contributed by atoms with Crippen molar-refractivity contribution in [3.63, 3.8) is 0 Å². The van der Waals surface area contributed by atoms with Crippen LogP contribution in [-0.2, 0) is 6.54 Å². The molecule has 1 aliphatic rings. The van der Waals surface area contributed by atoms with E-state index in [0.29, 0.717) is 12.3 Å². The number of aryl methyl sites for hydroxylation is 1. The number of benzene rings is 1. The number of para-hydroxylation sites is 1. The van der Waals surface area contributed by atoms with Gasteiger partial charge in [-0.25, -0.2) is 0 Å². The quantitative estimate of drug-likeness (QED) is 0.851. The van der Waals surface area contributed by atoms with E-state index in [2.05, 4.69) is 5.32 Å². The number of carbonyl (C=O) groups is 1. The smallest absolute Gasteiger partial charge is 0.294 e. The molecule has 0 saturated carbocycles. The van der Waals surface area contributed by atoms with Gasteiger partial charge in [0.15, 0.2) is 5.76 Å². The first-order valence-corrected chi connectivity index (χ1v) is 6.42. The molecule has 0 saturated heterocycles. The molecule has 1 N–H and O–H groups in total. The maximum atomic E-state index is 12.5. The van der Waals surface area contributed by atoms with Crippen LogP contribution < -0.4 is 10.2 Å². The van der Waals surface area contributed by atoms with E-state index in [1.165, 1.54) is 0 Å². The molecule has 4 heteroatoms. The summed E-state index contributed by atoms with van der Waals surface area (Å²) in [5.74, 6) is 1.07. The molecule has 0 unspecified atom stereocenters. The van der Waals surface area contributed by atoms with Crippen molar-refractivity contribution < 1.29 is 9.21 Å². The van der Waals surface area contributed by atoms with Crippen molar-refractivity contribution in [1.29, 1.82) is 0 Å². The molecule has 0 atom stereocenters. The van der Waals surface area contributed by atoms with Gasteiger partial charge in [0.2, 0.25) is 0 Å². The summed E-state index contributed by atoms with van der Waals surface area (Å²) < 4.78 is 5.44. The van der Waals surface area contributed by atoms with Crippen molar-refractivity contribution in [3.8, 4) is 0 Å². The largest absolute Gasteiger partial charge is 0.456 e. The Bertz CT molecular complexity index is 604. The van der Waals surface area contributed by atoms with Gasteiger partial charge in [-0.3, -0.25) is 4.79 Å². The highest BCUT2D eigenvalue weighted by Crippen LogP contribution is 2.24. The number of anilines is 1. The van der Waals surface area contributed by atoms with Gasteiger partial charge in [-0.15, -0.1) is 0 Å². The number of amides is 1. The Labute approximate surface area is 112 Å². The highest BCUT2D eigenvalue weighted by molar-refractivity contribution is 6.04. The first kappa shape index (κ1) is 12.0. The molecule has 1 amide bonds. The standard InChI is InChI=1S/C15H16N2O2/c1-11-6-7-14(19-11)15(18)17-9-8-16-10-12-4-2-3-5-13(12)17/h2-7,16H,8-10H2,1H3. The normalized spacial score (nSPS) is 14.9. The maximum Gasteiger partial charge on any atom is 0.294 e. The Morgan fingerprint density at radius 2 is 2.11 bits per heavy atom. The van der Waals surface area contributed by atoms with Crippen LogP contribution in [0.2, 0.25) is 0 Å². The van der Waals surface area contributed by atoms with Gasteiger partial charge in [0.05, 0.1) is 0 Å². The Kier molecular flexibility index (Phi) is 3.09. The van der Waals surface area contributed by atoms with E-state index in [0.717, 1.165) is 30.1 Å². The third kappa shape index (κ3) is 2.27. The molecule has 0 fully saturated rings. The van der Waals surface area contributed by atoms with Crippen LogP contribution in [0.25, 0.3) is 0 Å². The van der Waals surface area contributed by atoms with Crippen molar-refractivity contribution in [1.82, 2.24) is 5.32 Å². The minimum atomic E-state index is -0.0794. The van der Waals surface area contributed by atoms with Crippen LogP contribution >= 0.6 is 0 Å². The summed E-state index contributed by atoms with van der Waals surface area (Å²) in [4.78, 5) is 14.3. The molecule has 1 aliphatic heterocycles. The Morgan fingerprint density at radius 1 is 1.26 bits per heavy atom. The van der Waals surface area contributed by atoms with E-state index in [1.54, 1.807) is 11.0 Å². The fourth-order valence-corrected chi connectivity index (χ4v) is 2.35. The van der Waals surface area contributed by atoms with Crippen molar-refractivity contribution in [2.24, 2.45) is 0 Å². The summed E-state index contributed by atoms with van der Waals surface area (Å²) in [6, 6.07) is 11.5. The molecule has 2 aromatic rings. The van der Waals surface area contributed by atoms with Crippen LogP contribution in [0.5, 0.6) is 0 Å². The Hall–Kier alpha value is -2.07. The van der Waals surface area contributed by atoms with Crippen molar-refractivity contribution in [2.75, 3.05) is 18.0 Å². The summed E-state index contributed by atoms with van der Waals surface area (Å²) in [5.41, 5.74) is 2.10. The van der Waals surface area contributed by atoms with Crippen molar-refractivity contribution in [2.45, 2.75) is 13.5 Å². The number of nitrogens with one attached hydrogen (secondary N) is 1. The minimum Gasteiger partial charge on any atom is -0.456 e. The zero-order valence-corrected chi connectivity index (χ0v) is 10.8. The van der Waals surface area contributed by atoms with E-state index < -0.39 is 0 Å². The van der Waals surface area contributed by atoms with Gasteiger partial charge in [-0.1, -0.05) is 18.2 Å². The van der Waals surface area contributed by atoms with E-state index >= 15 is 0 Å². The van der Waals surface area contributed by atoms with E-state index in [-0.39, 0.29) is 5.91 Å². The zero-order valence-electron chi connectivity index (χ0n) is 10.8. The van der Waals surface area contributed by atoms with Gasteiger partial charge in [0.25, 0.3) is 5.91 Å². The van der Waals surface area contributed by atoms with Crippen LogP contribution in [0, 0.1) is 6.92 Å². The highest BCUT2D eigenvalue weighted by Gasteiger charge is 2.23. The van der Waals surface area contributed by atoms with Gasteiger partial charge in [-0.05, 0) is 30.7 Å². The van der Waals surface area contributed by atoms with Gasteiger partial charge < -0.3 is 14.6 Å². The van der Waals surface area contributed by atoms with Crippen LogP contribution in [0.1, 0.15) is 21.9 Å². The zero-order chi connectivity index (χ0) is 13.2. The number of hydrogen-bond donors (Lipinski definition) is 1. The fourth-order valence-electron chi connectivity index (χ4n) is 2.35. The molecule has 19 heavy (non-hydrogen) atoms. The van der Waals surface area contributed by atoms with Crippen molar-refractivity contribution in [3.05, 3.63) is 53.5 Å². The molecule has 1 aromatic heterocycles. The average molecular weight is 256 g/mol. The van der Waals surface area contributed by atoms with Gasteiger partial charge in [0.1, 0.15) is 5.76 Å². The number of nitrogens with zero attached hydrogens (tertiary/aromatic N) is 1. The van der Waals surface area contributed by atoms with E-state index in [1.807, 2.05) is 37.3 Å². The third-order valence-electron chi connectivity index (χ3n) is 3.31. The van der Waals surface area contributed by atoms with Gasteiger partial charge in [0, 0.05) is 25.3 Å². The highest BCUT2D eigenvalue weighted by atomic mass is 16.3. The second kappa shape index (κ2) is 4.90. The molecule has 3 rings (SSSR count). The molecule has 0 aliphatic carbocycles. The predicted molar refractivity (Wildman–Crippen MR) is 73.3 cm³/mol. The summed E-state index contributed by atoms with van der Waals surface area (Å²) in [6.07, 6.45) is 0. The van der Waals surface area contributed by atoms with Crippen LogP contribution in [0.15, 0.2) is 40.8 Å². The lowest BCUT2D eigenvalue weighted by Crippen LogP contribution is -2.34. The first-order chi connectivity index (χ1) is 9.25. The second-order valence-corrected chi connectivity index (χ2v) is 4.67.